The monoisotopic (exact) mass is 273 g/mol. The number of nitrogens with zero attached hydrogens (tertiary/aromatic N) is 3. The highest BCUT2D eigenvalue weighted by Crippen LogP contribution is 2.30. The maximum Gasteiger partial charge on any atom is 0.258 e. The van der Waals surface area contributed by atoms with Crippen LogP contribution in [-0.2, 0) is 13.1 Å². The van der Waals surface area contributed by atoms with Crippen LogP contribution in [0.25, 0.3) is 0 Å². The van der Waals surface area contributed by atoms with E-state index in [0.29, 0.717) is 25.4 Å². The minimum absolute atomic E-state index is 0.117. The minimum Gasteiger partial charge on any atom is -0.504 e. The van der Waals surface area contributed by atoms with Gasteiger partial charge in [0.05, 0.1) is 19.2 Å². The van der Waals surface area contributed by atoms with E-state index in [2.05, 4.69) is 4.98 Å². The number of methoxy groups -OCH3 is 1. The number of hydrogen-bond acceptors (Lipinski definition) is 4. The third-order valence-corrected chi connectivity index (χ3v) is 3.48. The van der Waals surface area contributed by atoms with E-state index in [1.165, 1.54) is 7.11 Å². The number of aromatic nitrogens is 2. The number of aromatic hydroxyl groups is 1. The molecule has 6 heteroatoms. The Morgan fingerprint density at radius 3 is 3.05 bits per heavy atom. The molecule has 2 heterocycles. The van der Waals surface area contributed by atoms with Crippen LogP contribution >= 0.6 is 0 Å². The molecule has 0 fully saturated rings. The topological polar surface area (TPSA) is 67.6 Å². The average molecular weight is 273 g/mol. The van der Waals surface area contributed by atoms with Gasteiger partial charge in [-0.05, 0) is 12.1 Å². The molecule has 1 aromatic heterocycles. The summed E-state index contributed by atoms with van der Waals surface area (Å²) >= 11 is 0. The predicted octanol–water partition coefficient (Wildman–Crippen LogP) is 1.25. The van der Waals surface area contributed by atoms with Crippen molar-refractivity contribution >= 4 is 5.91 Å². The highest BCUT2D eigenvalue weighted by atomic mass is 16.5. The summed E-state index contributed by atoms with van der Waals surface area (Å²) in [5, 5.41) is 10.1. The standard InChI is InChI=1S/C14H15N3O3/c1-20-11-4-2-3-10(13(11)18)14(19)17-8-7-16-6-5-15-12(16)9-17/h2-6,18H,7-9H2,1H3. The van der Waals surface area contributed by atoms with Gasteiger partial charge >= 0.3 is 0 Å². The summed E-state index contributed by atoms with van der Waals surface area (Å²) in [6.45, 7) is 1.76. The Labute approximate surface area is 116 Å². The molecule has 1 N–H and O–H groups in total. The molecule has 0 bridgehead atoms. The third kappa shape index (κ3) is 1.99. The molecule has 2 aromatic rings. The minimum atomic E-state index is -0.212. The Morgan fingerprint density at radius 1 is 1.40 bits per heavy atom. The van der Waals surface area contributed by atoms with Crippen LogP contribution < -0.4 is 4.74 Å². The van der Waals surface area contributed by atoms with Crippen LogP contribution in [0.4, 0.5) is 0 Å². The van der Waals surface area contributed by atoms with E-state index in [1.807, 2.05) is 10.8 Å². The second-order valence-corrected chi connectivity index (χ2v) is 4.62. The van der Waals surface area contributed by atoms with Gasteiger partial charge in [-0.15, -0.1) is 0 Å². The van der Waals surface area contributed by atoms with Gasteiger partial charge in [-0.25, -0.2) is 4.98 Å². The summed E-state index contributed by atoms with van der Waals surface area (Å²) in [7, 11) is 1.46. The lowest BCUT2D eigenvalue weighted by Crippen LogP contribution is -2.38. The molecule has 1 amide bonds. The molecule has 1 aromatic carbocycles. The van der Waals surface area contributed by atoms with E-state index in [4.69, 9.17) is 4.74 Å². The van der Waals surface area contributed by atoms with E-state index in [0.717, 1.165) is 5.82 Å². The number of para-hydroxylation sites is 1. The summed E-state index contributed by atoms with van der Waals surface area (Å²) in [5.74, 6) is 0.825. The molecule has 0 saturated carbocycles. The van der Waals surface area contributed by atoms with Crippen molar-refractivity contribution in [3.63, 3.8) is 0 Å². The first kappa shape index (κ1) is 12.5. The molecule has 104 valence electrons. The van der Waals surface area contributed by atoms with Crippen LogP contribution in [0.1, 0.15) is 16.2 Å². The number of ether oxygens (including phenoxy) is 1. The van der Waals surface area contributed by atoms with Gasteiger partial charge in [-0.3, -0.25) is 4.79 Å². The first-order valence-corrected chi connectivity index (χ1v) is 6.36. The molecule has 0 saturated heterocycles. The van der Waals surface area contributed by atoms with Gasteiger partial charge in [0.15, 0.2) is 11.5 Å². The molecular formula is C14H15N3O3. The van der Waals surface area contributed by atoms with E-state index < -0.39 is 0 Å². The van der Waals surface area contributed by atoms with Crippen LogP contribution in [0, 0.1) is 0 Å². The van der Waals surface area contributed by atoms with Crippen LogP contribution in [0.5, 0.6) is 11.5 Å². The number of phenols is 1. The zero-order chi connectivity index (χ0) is 14.1. The second kappa shape index (κ2) is 4.88. The van der Waals surface area contributed by atoms with E-state index in [-0.39, 0.29) is 17.2 Å². The lowest BCUT2D eigenvalue weighted by atomic mass is 10.1. The Hall–Kier alpha value is -2.50. The number of phenolic OH excluding ortho intramolecular Hbond substituents is 1. The second-order valence-electron chi connectivity index (χ2n) is 4.62. The Kier molecular flexibility index (Phi) is 3.06. The molecule has 0 radical (unpaired) electrons. The van der Waals surface area contributed by atoms with Crippen molar-refractivity contribution in [3.05, 3.63) is 42.0 Å². The lowest BCUT2D eigenvalue weighted by molar-refractivity contribution is 0.0704. The van der Waals surface area contributed by atoms with Crippen LogP contribution in [0.15, 0.2) is 30.6 Å². The van der Waals surface area contributed by atoms with E-state index in [1.54, 1.807) is 29.3 Å². The number of rotatable bonds is 2. The summed E-state index contributed by atoms with van der Waals surface area (Å²) in [6.07, 6.45) is 3.63. The summed E-state index contributed by atoms with van der Waals surface area (Å²) in [6, 6.07) is 4.91. The van der Waals surface area contributed by atoms with Crippen molar-refractivity contribution in [2.75, 3.05) is 13.7 Å². The van der Waals surface area contributed by atoms with Gasteiger partial charge in [0.1, 0.15) is 5.82 Å². The fourth-order valence-electron chi connectivity index (χ4n) is 2.38. The Bertz CT molecular complexity index is 651. The molecule has 0 unspecified atom stereocenters. The molecule has 3 rings (SSSR count). The Balaban J connectivity index is 1.87. The Morgan fingerprint density at radius 2 is 2.25 bits per heavy atom. The van der Waals surface area contributed by atoms with Crippen molar-refractivity contribution in [2.24, 2.45) is 0 Å². The number of imidazole rings is 1. The summed E-state index contributed by atoms with van der Waals surface area (Å²) in [5.41, 5.74) is 0.254. The van der Waals surface area contributed by atoms with Crippen molar-refractivity contribution < 1.29 is 14.6 Å². The largest absolute Gasteiger partial charge is 0.504 e. The molecule has 6 nitrogen and oxygen atoms in total. The first-order valence-electron chi connectivity index (χ1n) is 6.36. The fourth-order valence-corrected chi connectivity index (χ4v) is 2.38. The van der Waals surface area contributed by atoms with Gasteiger partial charge in [0, 0.05) is 25.5 Å². The molecule has 1 aliphatic rings. The van der Waals surface area contributed by atoms with E-state index in [9.17, 15) is 9.90 Å². The average Bonchev–Trinajstić information content (AvgIpc) is 2.94. The summed E-state index contributed by atoms with van der Waals surface area (Å²) in [4.78, 5) is 18.4. The molecule has 20 heavy (non-hydrogen) atoms. The number of hydrogen-bond donors (Lipinski definition) is 1. The molecular weight excluding hydrogens is 258 g/mol. The van der Waals surface area contributed by atoms with Crippen molar-refractivity contribution in [1.29, 1.82) is 0 Å². The highest BCUT2D eigenvalue weighted by Gasteiger charge is 2.25. The molecule has 0 atom stereocenters. The van der Waals surface area contributed by atoms with Gasteiger partial charge < -0.3 is 19.3 Å². The number of benzene rings is 1. The number of carbonyl (C=O) groups is 1. The summed E-state index contributed by atoms with van der Waals surface area (Å²) < 4.78 is 7.05. The van der Waals surface area contributed by atoms with E-state index >= 15 is 0 Å². The number of amides is 1. The fraction of sp³-hybridized carbons (Fsp3) is 0.286. The van der Waals surface area contributed by atoms with Crippen molar-refractivity contribution in [3.8, 4) is 11.5 Å². The van der Waals surface area contributed by atoms with Crippen molar-refractivity contribution in [1.82, 2.24) is 14.5 Å². The lowest BCUT2D eigenvalue weighted by Gasteiger charge is -2.28. The maximum atomic E-state index is 12.5. The molecule has 1 aliphatic heterocycles. The van der Waals surface area contributed by atoms with Crippen LogP contribution in [0.2, 0.25) is 0 Å². The number of carbonyl (C=O) groups excluding carboxylic acids is 1. The van der Waals surface area contributed by atoms with Gasteiger partial charge in [-0.2, -0.15) is 0 Å². The third-order valence-electron chi connectivity index (χ3n) is 3.48. The SMILES string of the molecule is COc1cccc(C(=O)N2CCn3ccnc3C2)c1O. The van der Waals surface area contributed by atoms with Gasteiger partial charge in [-0.1, -0.05) is 6.07 Å². The number of fused-ring (bicyclic) bond motifs is 1. The van der Waals surface area contributed by atoms with Gasteiger partial charge in [0.2, 0.25) is 0 Å². The van der Waals surface area contributed by atoms with Crippen LogP contribution in [-0.4, -0.2) is 39.1 Å². The zero-order valence-corrected chi connectivity index (χ0v) is 11.1. The zero-order valence-electron chi connectivity index (χ0n) is 11.1. The predicted molar refractivity (Wildman–Crippen MR) is 71.6 cm³/mol. The normalized spacial score (nSPS) is 13.9. The quantitative estimate of drug-likeness (QED) is 0.894. The van der Waals surface area contributed by atoms with Crippen LogP contribution in [0.3, 0.4) is 0 Å². The molecule has 0 spiro atoms. The molecule has 0 aliphatic carbocycles. The highest BCUT2D eigenvalue weighted by molar-refractivity contribution is 5.97. The van der Waals surface area contributed by atoms with Gasteiger partial charge in [0.25, 0.3) is 5.91 Å². The van der Waals surface area contributed by atoms with Crippen molar-refractivity contribution in [2.45, 2.75) is 13.1 Å². The maximum absolute atomic E-state index is 12.5. The first-order chi connectivity index (χ1) is 9.70. The smallest absolute Gasteiger partial charge is 0.258 e.